The summed E-state index contributed by atoms with van der Waals surface area (Å²) in [5, 5.41) is 18.3. The lowest BCUT2D eigenvalue weighted by atomic mass is 10.2. The molecule has 2 heterocycles. The van der Waals surface area contributed by atoms with Crippen molar-refractivity contribution < 1.29 is 10.2 Å². The molecule has 0 amide bonds. The lowest BCUT2D eigenvalue weighted by Crippen LogP contribution is -2.32. The van der Waals surface area contributed by atoms with Crippen LogP contribution in [0.2, 0.25) is 0 Å². The molecule has 1 aromatic heterocycles. The Bertz CT molecular complexity index is 597. The molecule has 0 aromatic carbocycles. The number of hydrogen-bond acceptors (Lipinski definition) is 5. The molecule has 3 atom stereocenters. The van der Waals surface area contributed by atoms with E-state index in [2.05, 4.69) is 20.9 Å². The van der Waals surface area contributed by atoms with Crippen molar-refractivity contribution in [1.29, 1.82) is 0 Å². The van der Waals surface area contributed by atoms with E-state index in [1.54, 1.807) is 0 Å². The summed E-state index contributed by atoms with van der Waals surface area (Å²) in [7, 11) is 0. The topological polar surface area (TPSA) is 95.3 Å². The molecule has 0 unspecified atom stereocenters. The maximum Gasteiger partial charge on any atom is 0.329 e. The third-order valence-electron chi connectivity index (χ3n) is 2.93. The molecule has 1 saturated heterocycles. The molecular formula is C11H13BrN2O4S. The van der Waals surface area contributed by atoms with Gasteiger partial charge in [-0.25, -0.2) is 4.79 Å². The third-order valence-corrected chi connectivity index (χ3v) is 4.74. The van der Waals surface area contributed by atoms with Gasteiger partial charge in [0, 0.05) is 12.6 Å². The predicted molar refractivity (Wildman–Crippen MR) is 77.4 cm³/mol. The number of aromatic nitrogens is 2. The number of aliphatic hydroxyl groups is 2. The van der Waals surface area contributed by atoms with Gasteiger partial charge >= 0.3 is 5.69 Å². The molecule has 0 radical (unpaired) electrons. The first-order valence-electron chi connectivity index (χ1n) is 5.63. The molecular weight excluding hydrogens is 336 g/mol. The molecule has 0 spiro atoms. The first-order chi connectivity index (χ1) is 9.06. The lowest BCUT2D eigenvalue weighted by Gasteiger charge is -2.13. The Balaban J connectivity index is 2.38. The minimum Gasteiger partial charge on any atom is -0.395 e. The highest BCUT2D eigenvalue weighted by Gasteiger charge is 2.34. The molecule has 1 aliphatic rings. The number of thioether (sulfide) groups is 1. The quantitative estimate of drug-likeness (QED) is 0.728. The van der Waals surface area contributed by atoms with Gasteiger partial charge in [-0.3, -0.25) is 14.3 Å². The average molecular weight is 349 g/mol. The van der Waals surface area contributed by atoms with E-state index in [-0.39, 0.29) is 17.2 Å². The summed E-state index contributed by atoms with van der Waals surface area (Å²) in [4.78, 5) is 27.1. The molecule has 19 heavy (non-hydrogen) atoms. The summed E-state index contributed by atoms with van der Waals surface area (Å²) in [5.41, 5.74) is -0.627. The smallest absolute Gasteiger partial charge is 0.329 e. The van der Waals surface area contributed by atoms with Gasteiger partial charge < -0.3 is 10.2 Å². The number of aliphatic hydroxyl groups excluding tert-OH is 2. The Morgan fingerprint density at radius 2 is 2.32 bits per heavy atom. The fourth-order valence-corrected chi connectivity index (χ4v) is 3.61. The van der Waals surface area contributed by atoms with Gasteiger partial charge in [-0.15, -0.1) is 11.8 Å². The lowest BCUT2D eigenvalue weighted by molar-refractivity contribution is 0.137. The first kappa shape index (κ1) is 14.6. The van der Waals surface area contributed by atoms with Crippen LogP contribution in [0.1, 0.15) is 17.4 Å². The Hall–Kier alpha value is -0.830. The molecule has 1 aliphatic heterocycles. The van der Waals surface area contributed by atoms with E-state index in [4.69, 9.17) is 5.11 Å². The van der Waals surface area contributed by atoms with Crippen molar-refractivity contribution >= 4 is 33.8 Å². The number of hydrogen-bond donors (Lipinski definition) is 3. The highest BCUT2D eigenvalue weighted by Crippen LogP contribution is 2.40. The fraction of sp³-hybridized carbons (Fsp3) is 0.455. The minimum absolute atomic E-state index is 0.144. The number of aromatic amines is 1. The second kappa shape index (κ2) is 6.08. The number of nitrogens with one attached hydrogen (secondary N) is 1. The van der Waals surface area contributed by atoms with Gasteiger partial charge in [0.15, 0.2) is 0 Å². The Morgan fingerprint density at radius 3 is 2.89 bits per heavy atom. The van der Waals surface area contributed by atoms with Gasteiger partial charge in [0.05, 0.1) is 28.9 Å². The van der Waals surface area contributed by atoms with Crippen LogP contribution in [0.5, 0.6) is 0 Å². The van der Waals surface area contributed by atoms with Crippen LogP contribution in [0.4, 0.5) is 0 Å². The Morgan fingerprint density at radius 1 is 1.58 bits per heavy atom. The van der Waals surface area contributed by atoms with E-state index >= 15 is 0 Å². The van der Waals surface area contributed by atoms with E-state index in [1.807, 2.05) is 0 Å². The maximum absolute atomic E-state index is 11.8. The third kappa shape index (κ3) is 3.02. The van der Waals surface area contributed by atoms with Crippen molar-refractivity contribution in [1.82, 2.24) is 9.55 Å². The monoisotopic (exact) mass is 348 g/mol. The van der Waals surface area contributed by atoms with Crippen LogP contribution in [0.15, 0.2) is 20.8 Å². The van der Waals surface area contributed by atoms with Gasteiger partial charge in [-0.2, -0.15) is 0 Å². The highest BCUT2D eigenvalue weighted by molar-refractivity contribution is 9.11. The average Bonchev–Trinajstić information content (AvgIpc) is 2.74. The summed E-state index contributed by atoms with van der Waals surface area (Å²) in [6.45, 7) is -0.144. The van der Waals surface area contributed by atoms with Crippen LogP contribution < -0.4 is 11.2 Å². The van der Waals surface area contributed by atoms with Gasteiger partial charge in [-0.1, -0.05) is 15.9 Å². The number of rotatable bonds is 3. The standard InChI is InChI=1S/C11H13BrN2O4S/c12-2-1-6-4-14(11(18)13-10(6)17)9-3-7(16)8(5-15)19-9/h1-2,4,7-9,15-16H,3,5H2,(H,13,17,18)/t7-,8+,9-/m1/s1. The fourth-order valence-electron chi connectivity index (χ4n) is 1.95. The van der Waals surface area contributed by atoms with Gasteiger partial charge in [0.2, 0.25) is 0 Å². The highest BCUT2D eigenvalue weighted by atomic mass is 79.9. The Labute approximate surface area is 121 Å². The second-order valence-corrected chi connectivity index (χ2v) is 6.11. The molecule has 1 fully saturated rings. The van der Waals surface area contributed by atoms with Crippen LogP contribution >= 0.6 is 27.7 Å². The van der Waals surface area contributed by atoms with Gasteiger partial charge in [0.1, 0.15) is 0 Å². The summed E-state index contributed by atoms with van der Waals surface area (Å²) >= 11 is 4.40. The van der Waals surface area contributed by atoms with Crippen molar-refractivity contribution in [2.24, 2.45) is 0 Å². The molecule has 0 bridgehead atoms. The van der Waals surface area contributed by atoms with Crippen LogP contribution in [0.25, 0.3) is 6.08 Å². The first-order valence-corrected chi connectivity index (χ1v) is 7.49. The van der Waals surface area contributed by atoms with Gasteiger partial charge in [-0.05, 0) is 11.1 Å². The zero-order valence-corrected chi connectivity index (χ0v) is 12.2. The second-order valence-electron chi connectivity index (χ2n) is 4.16. The normalized spacial score (nSPS) is 27.2. The van der Waals surface area contributed by atoms with Crippen molar-refractivity contribution in [3.63, 3.8) is 0 Å². The zero-order valence-electron chi connectivity index (χ0n) is 9.82. The van der Waals surface area contributed by atoms with E-state index in [9.17, 15) is 14.7 Å². The van der Waals surface area contributed by atoms with Crippen LogP contribution in [-0.2, 0) is 0 Å². The molecule has 0 aliphatic carbocycles. The minimum atomic E-state index is -0.658. The number of H-pyrrole nitrogens is 1. The van der Waals surface area contributed by atoms with E-state index in [0.29, 0.717) is 12.0 Å². The van der Waals surface area contributed by atoms with Gasteiger partial charge in [0.25, 0.3) is 5.56 Å². The molecule has 1 aromatic rings. The predicted octanol–water partition coefficient (Wildman–Crippen LogP) is 0.260. The maximum atomic E-state index is 11.8. The van der Waals surface area contributed by atoms with E-state index < -0.39 is 17.4 Å². The Kier molecular flexibility index (Phi) is 4.67. The number of nitrogens with zero attached hydrogens (tertiary/aromatic N) is 1. The summed E-state index contributed by atoms with van der Waals surface area (Å²) in [5.74, 6) is 0. The van der Waals surface area contributed by atoms with Crippen molar-refractivity contribution in [3.05, 3.63) is 37.6 Å². The molecule has 104 valence electrons. The van der Waals surface area contributed by atoms with Crippen LogP contribution in [0, 0.1) is 0 Å². The molecule has 0 saturated carbocycles. The van der Waals surface area contributed by atoms with E-state index in [0.717, 1.165) is 0 Å². The van der Waals surface area contributed by atoms with Crippen molar-refractivity contribution in [2.45, 2.75) is 23.1 Å². The summed E-state index contributed by atoms with van der Waals surface area (Å²) in [6.07, 6.45) is 2.70. The molecule has 8 heteroatoms. The summed E-state index contributed by atoms with van der Waals surface area (Å²) < 4.78 is 1.38. The van der Waals surface area contributed by atoms with E-state index in [1.165, 1.54) is 33.6 Å². The van der Waals surface area contributed by atoms with Crippen LogP contribution in [-0.4, -0.2) is 37.7 Å². The SMILES string of the molecule is O=c1[nH]c(=O)n([C@H]2C[C@@H](O)[C@H](CO)S2)cc1C=CBr. The largest absolute Gasteiger partial charge is 0.395 e. The molecule has 2 rings (SSSR count). The molecule has 3 N–H and O–H groups in total. The van der Waals surface area contributed by atoms with Crippen molar-refractivity contribution in [2.75, 3.05) is 6.61 Å². The summed E-state index contributed by atoms with van der Waals surface area (Å²) in [6, 6.07) is 0. The van der Waals surface area contributed by atoms with Crippen LogP contribution in [0.3, 0.4) is 0 Å². The molecule has 6 nitrogen and oxygen atoms in total. The number of halogens is 1. The zero-order chi connectivity index (χ0) is 14.0. The van der Waals surface area contributed by atoms with Crippen molar-refractivity contribution in [3.8, 4) is 0 Å².